The second kappa shape index (κ2) is 7.91. The summed E-state index contributed by atoms with van der Waals surface area (Å²) in [5.41, 5.74) is 2.70. The van der Waals surface area contributed by atoms with Crippen molar-refractivity contribution in [3.63, 3.8) is 0 Å². The average Bonchev–Trinajstić information content (AvgIpc) is 3.36. The van der Waals surface area contributed by atoms with Crippen molar-refractivity contribution >= 4 is 5.91 Å². The fraction of sp³-hybridized carbons (Fsp3) is 0.458. The van der Waals surface area contributed by atoms with Crippen molar-refractivity contribution in [2.75, 3.05) is 33.4 Å². The first kappa shape index (κ1) is 19.4. The Labute approximate surface area is 176 Å². The van der Waals surface area contributed by atoms with Gasteiger partial charge in [-0.25, -0.2) is 4.39 Å². The van der Waals surface area contributed by atoms with E-state index in [1.165, 1.54) is 20.0 Å². The number of nitrogens with one attached hydrogen (secondary N) is 1. The summed E-state index contributed by atoms with van der Waals surface area (Å²) in [5, 5.41) is 2.84. The van der Waals surface area contributed by atoms with E-state index in [9.17, 15) is 9.18 Å². The number of benzene rings is 2. The molecule has 1 saturated heterocycles. The van der Waals surface area contributed by atoms with Crippen LogP contribution in [-0.2, 0) is 6.54 Å². The summed E-state index contributed by atoms with van der Waals surface area (Å²) in [4.78, 5) is 14.4. The third kappa shape index (κ3) is 3.88. The Balaban J connectivity index is 1.32. The Morgan fingerprint density at radius 3 is 2.80 bits per heavy atom. The van der Waals surface area contributed by atoms with Gasteiger partial charge in [0.1, 0.15) is 5.75 Å². The zero-order valence-electron chi connectivity index (χ0n) is 17.2. The molecule has 2 fully saturated rings. The Kier molecular flexibility index (Phi) is 5.11. The van der Waals surface area contributed by atoms with Gasteiger partial charge in [0.25, 0.3) is 5.91 Å². The monoisotopic (exact) mass is 410 g/mol. The first-order valence-corrected chi connectivity index (χ1v) is 10.7. The number of carbonyl (C=O) groups is 1. The van der Waals surface area contributed by atoms with E-state index in [0.717, 1.165) is 36.7 Å². The highest BCUT2D eigenvalue weighted by Gasteiger charge is 2.37. The summed E-state index contributed by atoms with van der Waals surface area (Å²) in [5.74, 6) is 1.91. The first-order valence-electron chi connectivity index (χ1n) is 10.7. The number of rotatable bonds is 7. The molecule has 5 nitrogen and oxygen atoms in total. The minimum Gasteiger partial charge on any atom is -0.494 e. The molecule has 0 bridgehead atoms. The van der Waals surface area contributed by atoms with E-state index in [2.05, 4.69) is 10.2 Å². The van der Waals surface area contributed by atoms with Gasteiger partial charge in [0, 0.05) is 43.6 Å². The third-order valence-corrected chi connectivity index (χ3v) is 6.56. The molecule has 2 atom stereocenters. The number of hydrogen-bond donors (Lipinski definition) is 1. The topological polar surface area (TPSA) is 50.8 Å². The van der Waals surface area contributed by atoms with Crippen LogP contribution >= 0.6 is 0 Å². The minimum absolute atomic E-state index is 0.0430. The number of hydrogen-bond acceptors (Lipinski definition) is 4. The maximum atomic E-state index is 14.4. The Morgan fingerprint density at radius 2 is 2.03 bits per heavy atom. The third-order valence-electron chi connectivity index (χ3n) is 6.56. The van der Waals surface area contributed by atoms with E-state index in [0.29, 0.717) is 24.5 Å². The van der Waals surface area contributed by atoms with Gasteiger partial charge in [0.05, 0.1) is 13.7 Å². The molecule has 1 amide bonds. The second-order valence-electron chi connectivity index (χ2n) is 8.74. The molecule has 2 aliphatic heterocycles. The Hall–Kier alpha value is -2.60. The fourth-order valence-corrected chi connectivity index (χ4v) is 4.72. The van der Waals surface area contributed by atoms with Gasteiger partial charge in [0.2, 0.25) is 0 Å². The van der Waals surface area contributed by atoms with Crippen LogP contribution in [0.1, 0.15) is 40.2 Å². The smallest absolute Gasteiger partial charge is 0.252 e. The van der Waals surface area contributed by atoms with Gasteiger partial charge >= 0.3 is 0 Å². The lowest BCUT2D eigenvalue weighted by atomic mass is 9.89. The number of nitrogens with zero attached hydrogens (tertiary/aromatic N) is 1. The summed E-state index contributed by atoms with van der Waals surface area (Å²) in [6, 6.07) is 11.0. The van der Waals surface area contributed by atoms with Crippen molar-refractivity contribution in [1.82, 2.24) is 10.2 Å². The second-order valence-corrected chi connectivity index (χ2v) is 8.74. The van der Waals surface area contributed by atoms with Gasteiger partial charge in [-0.3, -0.25) is 4.79 Å². The molecule has 158 valence electrons. The van der Waals surface area contributed by atoms with Crippen LogP contribution in [-0.4, -0.2) is 44.2 Å². The first-order chi connectivity index (χ1) is 14.6. The zero-order valence-corrected chi connectivity index (χ0v) is 17.2. The maximum absolute atomic E-state index is 14.4. The van der Waals surface area contributed by atoms with Crippen molar-refractivity contribution in [2.45, 2.75) is 25.3 Å². The number of methoxy groups -OCH3 is 1. The average molecular weight is 410 g/mol. The Bertz CT molecular complexity index is 959. The molecule has 3 aliphatic rings. The highest BCUT2D eigenvalue weighted by atomic mass is 19.1. The van der Waals surface area contributed by atoms with Crippen LogP contribution in [0.15, 0.2) is 36.4 Å². The molecule has 0 radical (unpaired) electrons. The van der Waals surface area contributed by atoms with Gasteiger partial charge in [0.15, 0.2) is 11.6 Å². The molecule has 2 aromatic rings. The van der Waals surface area contributed by atoms with Crippen molar-refractivity contribution in [3.8, 4) is 11.5 Å². The molecule has 0 aromatic heterocycles. The number of likely N-dealkylation sites (tertiary alicyclic amines) is 1. The van der Waals surface area contributed by atoms with Crippen molar-refractivity contribution in [2.24, 2.45) is 11.8 Å². The van der Waals surface area contributed by atoms with E-state index in [1.54, 1.807) is 12.1 Å². The lowest BCUT2D eigenvalue weighted by Crippen LogP contribution is -2.24. The van der Waals surface area contributed by atoms with E-state index < -0.39 is 0 Å². The molecule has 1 saturated carbocycles. The highest BCUT2D eigenvalue weighted by molar-refractivity contribution is 5.98. The van der Waals surface area contributed by atoms with Crippen molar-refractivity contribution < 1.29 is 18.7 Å². The van der Waals surface area contributed by atoms with E-state index in [4.69, 9.17) is 9.47 Å². The van der Waals surface area contributed by atoms with Gasteiger partial charge in [-0.15, -0.1) is 0 Å². The standard InChI is InChI=1S/C24H27FN2O3/c1-29-23-7-5-16(8-22(23)25)21-13-27(11-15-2-3-15)12-18(21)14-30-19-6-4-17-10-26-24(28)20(17)9-19/h4-9,15,18,21H,2-3,10-14H2,1H3,(H,26,28)/t18-,21+/m1/s1. The van der Waals surface area contributed by atoms with Gasteiger partial charge in [-0.2, -0.15) is 0 Å². The lowest BCUT2D eigenvalue weighted by Gasteiger charge is -2.20. The predicted octanol–water partition coefficient (Wildman–Crippen LogP) is 3.58. The molecule has 0 unspecified atom stereocenters. The largest absolute Gasteiger partial charge is 0.494 e. The highest BCUT2D eigenvalue weighted by Crippen LogP contribution is 2.38. The summed E-state index contributed by atoms with van der Waals surface area (Å²) in [6.45, 7) is 4.10. The molecule has 6 heteroatoms. The van der Waals surface area contributed by atoms with E-state index >= 15 is 0 Å². The van der Waals surface area contributed by atoms with Crippen LogP contribution in [0.3, 0.4) is 0 Å². The van der Waals surface area contributed by atoms with Gasteiger partial charge in [-0.05, 0) is 54.2 Å². The fourth-order valence-electron chi connectivity index (χ4n) is 4.72. The SMILES string of the molecule is COc1ccc([C@@H]2CN(CC3CC3)C[C@@H]2COc2ccc3c(c2)C(=O)NC3)cc1F. The molecular weight excluding hydrogens is 383 g/mol. The van der Waals surface area contributed by atoms with Crippen LogP contribution in [0.2, 0.25) is 0 Å². The number of amides is 1. The van der Waals surface area contributed by atoms with Crippen LogP contribution in [0, 0.1) is 17.7 Å². The summed E-state index contributed by atoms with van der Waals surface area (Å²) in [7, 11) is 1.48. The summed E-state index contributed by atoms with van der Waals surface area (Å²) in [6.07, 6.45) is 2.63. The zero-order chi connectivity index (χ0) is 20.7. The number of carbonyl (C=O) groups excluding carboxylic acids is 1. The molecule has 1 aliphatic carbocycles. The van der Waals surface area contributed by atoms with Crippen molar-refractivity contribution in [3.05, 3.63) is 58.9 Å². The van der Waals surface area contributed by atoms with Gasteiger partial charge in [-0.1, -0.05) is 12.1 Å². The van der Waals surface area contributed by atoms with Crippen molar-refractivity contribution in [1.29, 1.82) is 0 Å². The van der Waals surface area contributed by atoms with Crippen LogP contribution in [0.4, 0.5) is 4.39 Å². The molecule has 2 heterocycles. The summed E-state index contributed by atoms with van der Waals surface area (Å²) >= 11 is 0. The minimum atomic E-state index is -0.319. The molecule has 30 heavy (non-hydrogen) atoms. The van der Waals surface area contributed by atoms with Gasteiger partial charge < -0.3 is 19.7 Å². The lowest BCUT2D eigenvalue weighted by molar-refractivity contribution is 0.0965. The molecular formula is C24H27FN2O3. The normalized spacial score (nSPS) is 23.3. The number of fused-ring (bicyclic) bond motifs is 1. The summed E-state index contributed by atoms with van der Waals surface area (Å²) < 4.78 is 25.6. The molecule has 0 spiro atoms. The molecule has 5 rings (SSSR count). The number of ether oxygens (including phenoxy) is 2. The predicted molar refractivity (Wildman–Crippen MR) is 111 cm³/mol. The van der Waals surface area contributed by atoms with Crippen LogP contribution < -0.4 is 14.8 Å². The Morgan fingerprint density at radius 1 is 1.17 bits per heavy atom. The molecule has 2 aromatic carbocycles. The number of halogens is 1. The van der Waals surface area contributed by atoms with E-state index in [1.807, 2.05) is 24.3 Å². The van der Waals surface area contributed by atoms with Crippen LogP contribution in [0.25, 0.3) is 0 Å². The quantitative estimate of drug-likeness (QED) is 0.758. The maximum Gasteiger partial charge on any atom is 0.252 e. The molecule has 1 N–H and O–H groups in total. The van der Waals surface area contributed by atoms with Crippen LogP contribution in [0.5, 0.6) is 11.5 Å². The van der Waals surface area contributed by atoms with E-state index in [-0.39, 0.29) is 29.3 Å².